The highest BCUT2D eigenvalue weighted by Crippen LogP contribution is 2.22. The van der Waals surface area contributed by atoms with Crippen molar-refractivity contribution in [3.8, 4) is 0 Å². The van der Waals surface area contributed by atoms with E-state index in [-0.39, 0.29) is 17.4 Å². The van der Waals surface area contributed by atoms with Gasteiger partial charge in [-0.1, -0.05) is 12.1 Å². The van der Waals surface area contributed by atoms with Gasteiger partial charge in [-0.25, -0.2) is 9.37 Å². The Labute approximate surface area is 153 Å². The van der Waals surface area contributed by atoms with Crippen LogP contribution in [0.5, 0.6) is 0 Å². The molecule has 1 aliphatic heterocycles. The Morgan fingerprint density at radius 1 is 0.889 bits per heavy atom. The Hall–Kier alpha value is -3.35. The number of amides is 2. The second-order valence-corrected chi connectivity index (χ2v) is 6.42. The van der Waals surface area contributed by atoms with E-state index in [4.69, 9.17) is 0 Å². The van der Waals surface area contributed by atoms with E-state index in [1.807, 2.05) is 0 Å². The summed E-state index contributed by atoms with van der Waals surface area (Å²) in [5.41, 5.74) is 0.956. The smallest absolute Gasteiger partial charge is 0.261 e. The quantitative estimate of drug-likeness (QED) is 0.515. The molecule has 2 aromatic carbocycles. The van der Waals surface area contributed by atoms with Crippen LogP contribution in [0, 0.1) is 5.82 Å². The van der Waals surface area contributed by atoms with Crippen LogP contribution in [-0.2, 0) is 6.54 Å². The molecule has 27 heavy (non-hydrogen) atoms. The van der Waals surface area contributed by atoms with Crippen LogP contribution >= 0.6 is 0 Å². The summed E-state index contributed by atoms with van der Waals surface area (Å²) in [7, 11) is 0. The van der Waals surface area contributed by atoms with E-state index in [9.17, 15) is 18.8 Å². The molecule has 0 unspecified atom stereocenters. The van der Waals surface area contributed by atoms with Crippen molar-refractivity contribution >= 4 is 22.7 Å². The van der Waals surface area contributed by atoms with E-state index in [1.165, 1.54) is 34.0 Å². The van der Waals surface area contributed by atoms with E-state index >= 15 is 0 Å². The fourth-order valence-corrected chi connectivity index (χ4v) is 3.29. The normalized spacial score (nSPS) is 13.4. The summed E-state index contributed by atoms with van der Waals surface area (Å²) in [5.74, 6) is -0.988. The molecule has 0 saturated heterocycles. The molecular formula is C20H16FN3O3. The van der Waals surface area contributed by atoms with Crippen LogP contribution in [-0.4, -0.2) is 32.8 Å². The van der Waals surface area contributed by atoms with Gasteiger partial charge >= 0.3 is 0 Å². The van der Waals surface area contributed by atoms with E-state index < -0.39 is 5.82 Å². The highest BCUT2D eigenvalue weighted by atomic mass is 19.1. The molecule has 2 heterocycles. The van der Waals surface area contributed by atoms with Gasteiger partial charge in [0.1, 0.15) is 5.82 Å². The first-order valence-corrected chi connectivity index (χ1v) is 8.66. The highest BCUT2D eigenvalue weighted by Gasteiger charge is 2.34. The van der Waals surface area contributed by atoms with Gasteiger partial charge in [-0.15, -0.1) is 0 Å². The van der Waals surface area contributed by atoms with Crippen molar-refractivity contribution in [3.63, 3.8) is 0 Å². The Balaban J connectivity index is 1.40. The Kier molecular flexibility index (Phi) is 4.27. The summed E-state index contributed by atoms with van der Waals surface area (Å²) in [6.07, 6.45) is 2.56. The van der Waals surface area contributed by atoms with Gasteiger partial charge in [-0.3, -0.25) is 23.9 Å². The first-order valence-electron chi connectivity index (χ1n) is 8.66. The third kappa shape index (κ3) is 3.01. The van der Waals surface area contributed by atoms with Gasteiger partial charge < -0.3 is 0 Å². The van der Waals surface area contributed by atoms with Crippen LogP contribution in [0.25, 0.3) is 10.9 Å². The predicted molar refractivity (Wildman–Crippen MR) is 97.0 cm³/mol. The molecule has 1 aromatic heterocycles. The van der Waals surface area contributed by atoms with Gasteiger partial charge in [-0.2, -0.15) is 0 Å². The summed E-state index contributed by atoms with van der Waals surface area (Å²) in [5, 5.41) is 0.360. The van der Waals surface area contributed by atoms with Crippen LogP contribution in [0.15, 0.2) is 53.6 Å². The van der Waals surface area contributed by atoms with E-state index in [2.05, 4.69) is 4.98 Å². The Bertz CT molecular complexity index is 1090. The number of rotatable bonds is 5. The van der Waals surface area contributed by atoms with E-state index in [0.29, 0.717) is 48.0 Å². The zero-order valence-corrected chi connectivity index (χ0v) is 14.4. The van der Waals surface area contributed by atoms with Crippen molar-refractivity contribution in [2.45, 2.75) is 19.4 Å². The SMILES string of the molecule is O=C1c2ccccc2C(=O)N1CCCCn1cnc2cc(F)ccc2c1=O. The van der Waals surface area contributed by atoms with Crippen LogP contribution in [0.2, 0.25) is 0 Å². The number of hydrogen-bond donors (Lipinski definition) is 0. The number of aryl methyl sites for hydroxylation is 1. The summed E-state index contributed by atoms with van der Waals surface area (Å²) >= 11 is 0. The largest absolute Gasteiger partial charge is 0.299 e. The minimum atomic E-state index is -0.437. The molecule has 0 fully saturated rings. The summed E-state index contributed by atoms with van der Waals surface area (Å²) in [4.78, 5) is 42.4. The molecule has 0 atom stereocenters. The third-order valence-corrected chi connectivity index (χ3v) is 4.70. The molecule has 6 nitrogen and oxygen atoms in total. The maximum atomic E-state index is 13.2. The first-order chi connectivity index (χ1) is 13.1. The topological polar surface area (TPSA) is 72.3 Å². The zero-order chi connectivity index (χ0) is 19.0. The molecular weight excluding hydrogens is 349 g/mol. The number of hydrogen-bond acceptors (Lipinski definition) is 4. The molecule has 7 heteroatoms. The lowest BCUT2D eigenvalue weighted by atomic mass is 10.1. The van der Waals surface area contributed by atoms with Crippen molar-refractivity contribution in [3.05, 3.63) is 76.1 Å². The van der Waals surface area contributed by atoms with Crippen LogP contribution < -0.4 is 5.56 Å². The maximum absolute atomic E-state index is 13.2. The number of nitrogens with zero attached hydrogens (tertiary/aromatic N) is 3. The lowest BCUT2D eigenvalue weighted by Gasteiger charge is -2.13. The summed E-state index contributed by atoms with van der Waals surface area (Å²) in [6.45, 7) is 0.704. The summed E-state index contributed by atoms with van der Waals surface area (Å²) < 4.78 is 14.7. The van der Waals surface area contributed by atoms with E-state index in [0.717, 1.165) is 0 Å². The summed E-state index contributed by atoms with van der Waals surface area (Å²) in [6, 6.07) is 10.7. The van der Waals surface area contributed by atoms with Gasteiger partial charge in [0.15, 0.2) is 0 Å². The van der Waals surface area contributed by atoms with E-state index in [1.54, 1.807) is 24.3 Å². The fraction of sp³-hybridized carbons (Fsp3) is 0.200. The molecule has 136 valence electrons. The van der Waals surface area contributed by atoms with Crippen LogP contribution in [0.4, 0.5) is 4.39 Å². The van der Waals surface area contributed by atoms with Gasteiger partial charge in [-0.05, 0) is 37.1 Å². The number of carbonyl (C=O) groups excluding carboxylic acids is 2. The number of fused-ring (bicyclic) bond motifs is 2. The molecule has 0 aliphatic carbocycles. The second kappa shape index (κ2) is 6.75. The van der Waals surface area contributed by atoms with Crippen molar-refractivity contribution < 1.29 is 14.0 Å². The van der Waals surface area contributed by atoms with Gasteiger partial charge in [0.05, 0.1) is 28.4 Å². The molecule has 0 N–H and O–H groups in total. The van der Waals surface area contributed by atoms with Crippen molar-refractivity contribution in [2.24, 2.45) is 0 Å². The molecule has 0 bridgehead atoms. The first kappa shape index (κ1) is 17.1. The van der Waals surface area contributed by atoms with Gasteiger partial charge in [0, 0.05) is 19.2 Å². The van der Waals surface area contributed by atoms with Crippen molar-refractivity contribution in [1.82, 2.24) is 14.5 Å². The van der Waals surface area contributed by atoms with Crippen LogP contribution in [0.3, 0.4) is 0 Å². The zero-order valence-electron chi connectivity index (χ0n) is 14.4. The molecule has 2 amide bonds. The Morgan fingerprint density at radius 2 is 1.56 bits per heavy atom. The lowest BCUT2D eigenvalue weighted by Crippen LogP contribution is -2.31. The van der Waals surface area contributed by atoms with Gasteiger partial charge in [0.2, 0.25) is 0 Å². The monoisotopic (exact) mass is 365 g/mol. The predicted octanol–water partition coefficient (Wildman–Crippen LogP) is 2.61. The molecule has 3 aromatic rings. The number of imide groups is 1. The van der Waals surface area contributed by atoms with Crippen molar-refractivity contribution in [2.75, 3.05) is 6.54 Å². The lowest BCUT2D eigenvalue weighted by molar-refractivity contribution is 0.0651. The number of aromatic nitrogens is 2. The minimum Gasteiger partial charge on any atom is -0.299 e. The second-order valence-electron chi connectivity index (χ2n) is 6.42. The molecule has 0 spiro atoms. The third-order valence-electron chi connectivity index (χ3n) is 4.70. The molecule has 1 aliphatic rings. The maximum Gasteiger partial charge on any atom is 0.261 e. The molecule has 0 radical (unpaired) electrons. The number of benzene rings is 2. The average Bonchev–Trinajstić information content (AvgIpc) is 2.91. The highest BCUT2D eigenvalue weighted by molar-refractivity contribution is 6.21. The average molecular weight is 365 g/mol. The van der Waals surface area contributed by atoms with Gasteiger partial charge in [0.25, 0.3) is 17.4 Å². The van der Waals surface area contributed by atoms with Crippen LogP contribution in [0.1, 0.15) is 33.6 Å². The molecule has 4 rings (SSSR count). The standard InChI is InChI=1S/C20H16FN3O3/c21-13-7-8-16-17(11-13)22-12-23(18(16)25)9-3-4-10-24-19(26)14-5-1-2-6-15(14)20(24)27/h1-2,5-8,11-12H,3-4,9-10H2. The Morgan fingerprint density at radius 3 is 2.26 bits per heavy atom. The fourth-order valence-electron chi connectivity index (χ4n) is 3.29. The molecule has 0 saturated carbocycles. The number of carbonyl (C=O) groups is 2. The minimum absolute atomic E-state index is 0.235. The van der Waals surface area contributed by atoms with Crippen molar-refractivity contribution in [1.29, 1.82) is 0 Å². The number of unbranched alkanes of at least 4 members (excludes halogenated alkanes) is 1. The number of halogens is 1.